The lowest BCUT2D eigenvalue weighted by Crippen LogP contribution is -2.60. The Bertz CT molecular complexity index is 345. The van der Waals surface area contributed by atoms with Crippen LogP contribution >= 0.6 is 0 Å². The first-order valence-electron chi connectivity index (χ1n) is 6.02. The summed E-state index contributed by atoms with van der Waals surface area (Å²) < 4.78 is 0. The first-order valence-corrected chi connectivity index (χ1v) is 6.02. The quantitative estimate of drug-likeness (QED) is 0.647. The van der Waals surface area contributed by atoms with E-state index < -0.39 is 18.1 Å². The number of carboxylic acid groups (broad SMARTS) is 1. The molecule has 0 spiro atoms. The van der Waals surface area contributed by atoms with E-state index in [0.717, 1.165) is 0 Å². The van der Waals surface area contributed by atoms with Crippen LogP contribution in [0.5, 0.6) is 0 Å². The third-order valence-corrected chi connectivity index (χ3v) is 2.83. The summed E-state index contributed by atoms with van der Waals surface area (Å²) >= 11 is 0. The second-order valence-electron chi connectivity index (χ2n) is 4.36. The van der Waals surface area contributed by atoms with E-state index in [1.54, 1.807) is 6.92 Å². The maximum Gasteiger partial charge on any atom is 0.318 e. The number of nitrogens with one attached hydrogen (secondary N) is 2. The molecule has 0 bridgehead atoms. The van der Waals surface area contributed by atoms with Gasteiger partial charge in [0.15, 0.2) is 0 Å². The Morgan fingerprint density at radius 2 is 2.28 bits per heavy atom. The van der Waals surface area contributed by atoms with Crippen molar-refractivity contribution in [2.45, 2.75) is 38.8 Å². The normalized spacial score (nSPS) is 21.1. The number of hydrogen-bond donors (Lipinski definition) is 3. The van der Waals surface area contributed by atoms with Gasteiger partial charge in [-0.2, -0.15) is 0 Å². The SMILES string of the molecule is CCC1C(=O)NCCN1C(=O)NC(C)CC(=O)O. The fraction of sp³-hybridized carbons (Fsp3) is 0.727. The number of carboxylic acids is 1. The molecule has 0 aromatic carbocycles. The van der Waals surface area contributed by atoms with Gasteiger partial charge in [-0.3, -0.25) is 9.59 Å². The molecule has 3 amide bonds. The number of urea groups is 1. The molecule has 0 saturated carbocycles. The zero-order chi connectivity index (χ0) is 13.7. The molecule has 7 nitrogen and oxygen atoms in total. The Labute approximate surface area is 106 Å². The fourth-order valence-electron chi connectivity index (χ4n) is 1.97. The second-order valence-corrected chi connectivity index (χ2v) is 4.36. The minimum atomic E-state index is -0.966. The van der Waals surface area contributed by atoms with Gasteiger partial charge in [0.25, 0.3) is 0 Å². The first-order chi connectivity index (χ1) is 8.45. The van der Waals surface area contributed by atoms with Crippen molar-refractivity contribution >= 4 is 17.9 Å². The Hall–Kier alpha value is -1.79. The van der Waals surface area contributed by atoms with Gasteiger partial charge in [0.1, 0.15) is 6.04 Å². The van der Waals surface area contributed by atoms with Crippen molar-refractivity contribution in [2.75, 3.05) is 13.1 Å². The third kappa shape index (κ3) is 3.61. The van der Waals surface area contributed by atoms with Gasteiger partial charge in [-0.25, -0.2) is 4.79 Å². The molecule has 1 fully saturated rings. The lowest BCUT2D eigenvalue weighted by atomic mass is 10.1. The average Bonchev–Trinajstić information content (AvgIpc) is 2.27. The Balaban J connectivity index is 2.59. The Morgan fingerprint density at radius 1 is 1.61 bits per heavy atom. The van der Waals surface area contributed by atoms with Gasteiger partial charge in [-0.1, -0.05) is 6.92 Å². The molecule has 3 N–H and O–H groups in total. The van der Waals surface area contributed by atoms with Gasteiger partial charge in [-0.15, -0.1) is 0 Å². The molecule has 1 rings (SSSR count). The topological polar surface area (TPSA) is 98.7 Å². The van der Waals surface area contributed by atoms with Gasteiger partial charge in [-0.05, 0) is 13.3 Å². The number of carbonyl (C=O) groups excluding carboxylic acids is 2. The van der Waals surface area contributed by atoms with Crippen LogP contribution in [-0.2, 0) is 9.59 Å². The monoisotopic (exact) mass is 257 g/mol. The van der Waals surface area contributed by atoms with Crippen molar-refractivity contribution < 1.29 is 19.5 Å². The van der Waals surface area contributed by atoms with Gasteiger partial charge in [0.05, 0.1) is 6.42 Å². The van der Waals surface area contributed by atoms with Crippen molar-refractivity contribution in [2.24, 2.45) is 0 Å². The highest BCUT2D eigenvalue weighted by molar-refractivity contribution is 5.88. The van der Waals surface area contributed by atoms with E-state index >= 15 is 0 Å². The highest BCUT2D eigenvalue weighted by Gasteiger charge is 2.32. The number of carbonyl (C=O) groups is 3. The number of piperazine rings is 1. The van der Waals surface area contributed by atoms with Gasteiger partial charge < -0.3 is 20.6 Å². The van der Waals surface area contributed by atoms with Crippen LogP contribution < -0.4 is 10.6 Å². The molecule has 2 atom stereocenters. The van der Waals surface area contributed by atoms with Gasteiger partial charge in [0, 0.05) is 19.1 Å². The summed E-state index contributed by atoms with van der Waals surface area (Å²) in [6, 6.07) is -1.32. The fourth-order valence-corrected chi connectivity index (χ4v) is 1.97. The van der Waals surface area contributed by atoms with Crippen LogP contribution in [0.2, 0.25) is 0 Å². The van der Waals surface area contributed by atoms with Gasteiger partial charge in [0.2, 0.25) is 5.91 Å². The van der Waals surface area contributed by atoms with Gasteiger partial charge >= 0.3 is 12.0 Å². The smallest absolute Gasteiger partial charge is 0.318 e. The Morgan fingerprint density at radius 3 is 2.83 bits per heavy atom. The highest BCUT2D eigenvalue weighted by atomic mass is 16.4. The standard InChI is InChI=1S/C11H19N3O4/c1-3-8-10(17)12-4-5-14(8)11(18)13-7(2)6-9(15)16/h7-8H,3-6H2,1-2H3,(H,12,17)(H,13,18)(H,15,16). The van der Waals surface area contributed by atoms with E-state index in [2.05, 4.69) is 10.6 Å². The van der Waals surface area contributed by atoms with Crippen LogP contribution in [0.25, 0.3) is 0 Å². The van der Waals surface area contributed by atoms with Crippen LogP contribution in [-0.4, -0.2) is 53.1 Å². The molecule has 1 aliphatic heterocycles. The summed E-state index contributed by atoms with van der Waals surface area (Å²) in [4.78, 5) is 35.5. The second kappa shape index (κ2) is 6.23. The number of hydrogen-bond acceptors (Lipinski definition) is 3. The first kappa shape index (κ1) is 14.3. The molecular formula is C11H19N3O4. The molecule has 0 aromatic rings. The van der Waals surface area contributed by atoms with E-state index in [1.807, 2.05) is 6.92 Å². The molecule has 102 valence electrons. The van der Waals surface area contributed by atoms with Crippen molar-refractivity contribution in [3.8, 4) is 0 Å². The number of amides is 3. The number of aliphatic carboxylic acids is 1. The third-order valence-electron chi connectivity index (χ3n) is 2.83. The molecule has 7 heteroatoms. The summed E-state index contributed by atoms with van der Waals surface area (Å²) in [6.07, 6.45) is 0.398. The summed E-state index contributed by atoms with van der Waals surface area (Å²) in [7, 11) is 0. The Kier molecular flexibility index (Phi) is 4.94. The minimum Gasteiger partial charge on any atom is -0.481 e. The molecular weight excluding hydrogens is 238 g/mol. The number of nitrogens with zero attached hydrogens (tertiary/aromatic N) is 1. The zero-order valence-corrected chi connectivity index (χ0v) is 10.6. The van der Waals surface area contributed by atoms with Crippen molar-refractivity contribution in [3.05, 3.63) is 0 Å². The van der Waals surface area contributed by atoms with Crippen molar-refractivity contribution in [1.82, 2.24) is 15.5 Å². The average molecular weight is 257 g/mol. The maximum absolute atomic E-state index is 11.9. The zero-order valence-electron chi connectivity index (χ0n) is 10.6. The van der Waals surface area contributed by atoms with E-state index in [9.17, 15) is 14.4 Å². The minimum absolute atomic E-state index is 0.136. The molecule has 1 heterocycles. The van der Waals surface area contributed by atoms with E-state index in [-0.39, 0.29) is 18.4 Å². The molecule has 0 radical (unpaired) electrons. The highest BCUT2D eigenvalue weighted by Crippen LogP contribution is 2.09. The lowest BCUT2D eigenvalue weighted by Gasteiger charge is -2.35. The molecule has 1 aliphatic rings. The van der Waals surface area contributed by atoms with Crippen molar-refractivity contribution in [1.29, 1.82) is 0 Å². The van der Waals surface area contributed by atoms with Crippen LogP contribution in [0.3, 0.4) is 0 Å². The largest absolute Gasteiger partial charge is 0.481 e. The predicted octanol–water partition coefficient (Wildman–Crippen LogP) is -0.230. The van der Waals surface area contributed by atoms with E-state index in [4.69, 9.17) is 5.11 Å². The molecule has 0 aromatic heterocycles. The van der Waals surface area contributed by atoms with Crippen LogP contribution in [0.1, 0.15) is 26.7 Å². The summed E-state index contributed by atoms with van der Waals surface area (Å²) in [5.74, 6) is -1.13. The predicted molar refractivity (Wildman–Crippen MR) is 64.0 cm³/mol. The molecule has 2 unspecified atom stereocenters. The molecule has 1 saturated heterocycles. The van der Waals surface area contributed by atoms with Crippen molar-refractivity contribution in [3.63, 3.8) is 0 Å². The van der Waals surface area contributed by atoms with Crippen LogP contribution in [0, 0.1) is 0 Å². The van der Waals surface area contributed by atoms with Crippen LogP contribution in [0.15, 0.2) is 0 Å². The number of rotatable bonds is 4. The van der Waals surface area contributed by atoms with E-state index in [1.165, 1.54) is 4.90 Å². The summed E-state index contributed by atoms with van der Waals surface area (Å²) in [5.41, 5.74) is 0. The summed E-state index contributed by atoms with van der Waals surface area (Å²) in [6.45, 7) is 4.32. The van der Waals surface area contributed by atoms with E-state index in [0.29, 0.717) is 19.5 Å². The maximum atomic E-state index is 11.9. The summed E-state index contributed by atoms with van der Waals surface area (Å²) in [5, 5.41) is 13.9. The molecule has 18 heavy (non-hydrogen) atoms. The van der Waals surface area contributed by atoms with Crippen LogP contribution in [0.4, 0.5) is 4.79 Å². The lowest BCUT2D eigenvalue weighted by molar-refractivity contribution is -0.137. The molecule has 0 aliphatic carbocycles.